The molecule has 0 aliphatic carbocycles. The van der Waals surface area contributed by atoms with Gasteiger partial charge in [0.1, 0.15) is 5.75 Å². The van der Waals surface area contributed by atoms with Crippen molar-refractivity contribution in [1.29, 1.82) is 0 Å². The summed E-state index contributed by atoms with van der Waals surface area (Å²) in [6.45, 7) is 2.73. The van der Waals surface area contributed by atoms with E-state index in [-0.39, 0.29) is 0 Å². The Kier molecular flexibility index (Phi) is 3.06. The van der Waals surface area contributed by atoms with Crippen LogP contribution in [-0.4, -0.2) is 16.7 Å². The number of ether oxygens (including phenoxy) is 1. The van der Waals surface area contributed by atoms with Crippen LogP contribution in [0.5, 0.6) is 5.75 Å². The molecule has 1 N–H and O–H groups in total. The smallest absolute Gasteiger partial charge is 0.122 e. The molecule has 1 aromatic heterocycles. The molecular formula is C14H15NO2S. The number of aromatic nitrogens is 1. The summed E-state index contributed by atoms with van der Waals surface area (Å²) in [6, 6.07) is 5.94. The Morgan fingerprint density at radius 2 is 2.39 bits per heavy atom. The number of aliphatic hydroxyl groups excluding tert-OH is 1. The monoisotopic (exact) mass is 261 g/mol. The SMILES string of the molecule is Cc1nc(CC(O)c2ccc3c(c2)CCO3)cs1. The van der Waals surface area contributed by atoms with Crippen molar-refractivity contribution in [2.24, 2.45) is 0 Å². The van der Waals surface area contributed by atoms with Gasteiger partial charge in [-0.25, -0.2) is 4.98 Å². The van der Waals surface area contributed by atoms with Crippen LogP contribution in [-0.2, 0) is 12.8 Å². The molecule has 2 aromatic rings. The van der Waals surface area contributed by atoms with Crippen molar-refractivity contribution in [2.75, 3.05) is 6.61 Å². The Labute approximate surface area is 110 Å². The van der Waals surface area contributed by atoms with Crippen molar-refractivity contribution >= 4 is 11.3 Å². The second kappa shape index (κ2) is 4.71. The van der Waals surface area contributed by atoms with Crippen molar-refractivity contribution in [3.05, 3.63) is 45.4 Å². The van der Waals surface area contributed by atoms with Gasteiger partial charge in [-0.15, -0.1) is 11.3 Å². The molecule has 0 fully saturated rings. The van der Waals surface area contributed by atoms with Gasteiger partial charge in [0.05, 0.1) is 23.4 Å². The zero-order chi connectivity index (χ0) is 12.5. The number of nitrogens with zero attached hydrogens (tertiary/aromatic N) is 1. The summed E-state index contributed by atoms with van der Waals surface area (Å²) in [4.78, 5) is 4.38. The van der Waals surface area contributed by atoms with Gasteiger partial charge in [-0.3, -0.25) is 0 Å². The highest BCUT2D eigenvalue weighted by Crippen LogP contribution is 2.29. The number of rotatable bonds is 3. The third-order valence-corrected chi connectivity index (χ3v) is 3.99. The molecule has 0 bridgehead atoms. The van der Waals surface area contributed by atoms with E-state index >= 15 is 0 Å². The Morgan fingerprint density at radius 1 is 1.50 bits per heavy atom. The Bertz CT molecular complexity index is 565. The number of hydrogen-bond donors (Lipinski definition) is 1. The van der Waals surface area contributed by atoms with Gasteiger partial charge in [-0.2, -0.15) is 0 Å². The highest BCUT2D eigenvalue weighted by atomic mass is 32.1. The van der Waals surface area contributed by atoms with Crippen LogP contribution in [0.15, 0.2) is 23.6 Å². The number of benzene rings is 1. The minimum absolute atomic E-state index is 0.489. The second-order valence-electron chi connectivity index (χ2n) is 4.54. The van der Waals surface area contributed by atoms with Crippen LogP contribution in [0.3, 0.4) is 0 Å². The molecule has 0 amide bonds. The molecule has 94 valence electrons. The van der Waals surface area contributed by atoms with E-state index in [1.807, 2.05) is 30.5 Å². The largest absolute Gasteiger partial charge is 0.493 e. The normalized spacial score (nSPS) is 15.2. The Balaban J connectivity index is 1.78. The lowest BCUT2D eigenvalue weighted by Crippen LogP contribution is -2.02. The van der Waals surface area contributed by atoms with E-state index in [0.29, 0.717) is 6.42 Å². The fraction of sp³-hybridized carbons (Fsp3) is 0.357. The molecule has 1 aliphatic rings. The van der Waals surface area contributed by atoms with Crippen LogP contribution >= 0.6 is 11.3 Å². The molecule has 0 saturated carbocycles. The molecule has 0 spiro atoms. The lowest BCUT2D eigenvalue weighted by molar-refractivity contribution is 0.177. The minimum atomic E-state index is -0.489. The molecule has 0 saturated heterocycles. The lowest BCUT2D eigenvalue weighted by Gasteiger charge is -2.10. The fourth-order valence-corrected chi connectivity index (χ4v) is 2.86. The average molecular weight is 261 g/mol. The molecule has 2 heterocycles. The first-order chi connectivity index (χ1) is 8.72. The van der Waals surface area contributed by atoms with Gasteiger partial charge in [0.25, 0.3) is 0 Å². The predicted molar refractivity (Wildman–Crippen MR) is 71.2 cm³/mol. The van der Waals surface area contributed by atoms with E-state index in [1.54, 1.807) is 11.3 Å². The minimum Gasteiger partial charge on any atom is -0.493 e. The summed E-state index contributed by atoms with van der Waals surface area (Å²) >= 11 is 1.62. The van der Waals surface area contributed by atoms with Gasteiger partial charge in [0, 0.05) is 18.2 Å². The van der Waals surface area contributed by atoms with Crippen molar-refractivity contribution in [2.45, 2.75) is 25.9 Å². The predicted octanol–water partition coefficient (Wildman–Crippen LogP) is 2.66. The molecule has 1 aromatic carbocycles. The highest BCUT2D eigenvalue weighted by molar-refractivity contribution is 7.09. The lowest BCUT2D eigenvalue weighted by atomic mass is 10.0. The average Bonchev–Trinajstić information content (AvgIpc) is 2.96. The summed E-state index contributed by atoms with van der Waals surface area (Å²) < 4.78 is 5.46. The first-order valence-corrected chi connectivity index (χ1v) is 6.95. The van der Waals surface area contributed by atoms with E-state index < -0.39 is 6.10 Å². The van der Waals surface area contributed by atoms with E-state index in [4.69, 9.17) is 4.74 Å². The van der Waals surface area contributed by atoms with Gasteiger partial charge >= 0.3 is 0 Å². The maximum Gasteiger partial charge on any atom is 0.122 e. The number of aliphatic hydroxyl groups is 1. The number of aryl methyl sites for hydroxylation is 1. The summed E-state index contributed by atoms with van der Waals surface area (Å²) in [5.74, 6) is 0.954. The van der Waals surface area contributed by atoms with Crippen LogP contribution in [0.25, 0.3) is 0 Å². The first kappa shape index (κ1) is 11.7. The molecule has 1 atom stereocenters. The van der Waals surface area contributed by atoms with Crippen molar-refractivity contribution in [1.82, 2.24) is 4.98 Å². The molecule has 1 unspecified atom stereocenters. The zero-order valence-electron chi connectivity index (χ0n) is 10.2. The molecular weight excluding hydrogens is 246 g/mol. The van der Waals surface area contributed by atoms with Crippen molar-refractivity contribution < 1.29 is 9.84 Å². The quantitative estimate of drug-likeness (QED) is 0.923. The Morgan fingerprint density at radius 3 is 3.17 bits per heavy atom. The van der Waals surface area contributed by atoms with Gasteiger partial charge in [-0.05, 0) is 30.2 Å². The fourth-order valence-electron chi connectivity index (χ4n) is 2.23. The van der Waals surface area contributed by atoms with Gasteiger partial charge in [0.15, 0.2) is 0 Å². The standard InChI is InChI=1S/C14H15NO2S/c1-9-15-12(8-18-9)7-13(16)10-2-3-14-11(6-10)4-5-17-14/h2-3,6,8,13,16H,4-5,7H2,1H3. The van der Waals surface area contributed by atoms with Gasteiger partial charge in [-0.1, -0.05) is 6.07 Å². The zero-order valence-corrected chi connectivity index (χ0v) is 11.0. The topological polar surface area (TPSA) is 42.4 Å². The van der Waals surface area contributed by atoms with Crippen LogP contribution in [0.1, 0.15) is 27.9 Å². The molecule has 4 heteroatoms. The first-order valence-electron chi connectivity index (χ1n) is 6.07. The van der Waals surface area contributed by atoms with Crippen LogP contribution in [0.4, 0.5) is 0 Å². The van der Waals surface area contributed by atoms with Crippen LogP contribution in [0, 0.1) is 6.92 Å². The summed E-state index contributed by atoms with van der Waals surface area (Å²) in [5, 5.41) is 13.3. The van der Waals surface area contributed by atoms with Crippen LogP contribution < -0.4 is 4.74 Å². The third kappa shape index (κ3) is 2.26. The molecule has 3 rings (SSSR count). The number of hydrogen-bond acceptors (Lipinski definition) is 4. The molecule has 18 heavy (non-hydrogen) atoms. The van der Waals surface area contributed by atoms with Gasteiger partial charge < -0.3 is 9.84 Å². The van der Waals surface area contributed by atoms with Crippen molar-refractivity contribution in [3.8, 4) is 5.75 Å². The molecule has 1 aliphatic heterocycles. The van der Waals surface area contributed by atoms with Crippen molar-refractivity contribution in [3.63, 3.8) is 0 Å². The second-order valence-corrected chi connectivity index (χ2v) is 5.61. The van der Waals surface area contributed by atoms with E-state index in [1.165, 1.54) is 5.56 Å². The summed E-state index contributed by atoms with van der Waals surface area (Å²) in [6.07, 6.45) is 1.02. The highest BCUT2D eigenvalue weighted by Gasteiger charge is 2.16. The maximum absolute atomic E-state index is 10.2. The van der Waals surface area contributed by atoms with E-state index in [2.05, 4.69) is 4.98 Å². The number of fused-ring (bicyclic) bond motifs is 1. The Hall–Kier alpha value is -1.39. The molecule has 0 radical (unpaired) electrons. The third-order valence-electron chi connectivity index (χ3n) is 3.17. The van der Waals surface area contributed by atoms with Gasteiger partial charge in [0.2, 0.25) is 0 Å². The van der Waals surface area contributed by atoms with E-state index in [9.17, 15) is 5.11 Å². The van der Waals surface area contributed by atoms with E-state index in [0.717, 1.165) is 35.0 Å². The maximum atomic E-state index is 10.2. The van der Waals surface area contributed by atoms with Crippen LogP contribution in [0.2, 0.25) is 0 Å². The molecule has 3 nitrogen and oxygen atoms in total. The number of thiazole rings is 1. The summed E-state index contributed by atoms with van der Waals surface area (Å²) in [5.41, 5.74) is 3.10. The summed E-state index contributed by atoms with van der Waals surface area (Å²) in [7, 11) is 0.